The van der Waals surface area contributed by atoms with Crippen LogP contribution in [0.5, 0.6) is 0 Å². The molecule has 0 aliphatic heterocycles. The Morgan fingerprint density at radius 2 is 1.85 bits per heavy atom. The van der Waals surface area contributed by atoms with Crippen LogP contribution in [-0.4, -0.2) is 11.0 Å². The minimum atomic E-state index is -0.353. The molecule has 0 bridgehead atoms. The van der Waals surface area contributed by atoms with E-state index in [1.165, 1.54) is 6.07 Å². The maximum Gasteiger partial charge on any atom is 0.315 e. The first-order valence-corrected chi connectivity index (χ1v) is 6.79. The zero-order chi connectivity index (χ0) is 14.4. The van der Waals surface area contributed by atoms with Gasteiger partial charge in [0.2, 0.25) is 0 Å². The molecular formula is C14H13BrFN3O. The summed E-state index contributed by atoms with van der Waals surface area (Å²) >= 11 is 3.18. The third-order valence-corrected chi connectivity index (χ3v) is 3.15. The van der Waals surface area contributed by atoms with Crippen LogP contribution in [0, 0.1) is 5.82 Å². The third kappa shape index (κ3) is 4.31. The van der Waals surface area contributed by atoms with Gasteiger partial charge in [0.1, 0.15) is 5.82 Å². The zero-order valence-electron chi connectivity index (χ0n) is 10.6. The van der Waals surface area contributed by atoms with E-state index in [0.29, 0.717) is 16.6 Å². The fourth-order valence-corrected chi connectivity index (χ4v) is 1.92. The van der Waals surface area contributed by atoms with E-state index in [1.807, 2.05) is 12.1 Å². The Morgan fingerprint density at radius 1 is 1.15 bits per heavy atom. The highest BCUT2D eigenvalue weighted by Crippen LogP contribution is 2.14. The largest absolute Gasteiger partial charge is 0.334 e. The molecule has 2 N–H and O–H groups in total. The van der Waals surface area contributed by atoms with Crippen LogP contribution in [0.2, 0.25) is 0 Å². The summed E-state index contributed by atoms with van der Waals surface area (Å²) in [5.74, 6) is -0.353. The van der Waals surface area contributed by atoms with Crippen LogP contribution in [0.15, 0.2) is 47.2 Å². The number of aromatic nitrogens is 1. The fourth-order valence-electron chi connectivity index (χ4n) is 1.59. The van der Waals surface area contributed by atoms with Gasteiger partial charge in [-0.15, -0.1) is 0 Å². The average Bonchev–Trinajstić information content (AvgIpc) is 2.45. The number of urea groups is 1. The highest BCUT2D eigenvalue weighted by atomic mass is 79.9. The van der Waals surface area contributed by atoms with E-state index in [4.69, 9.17) is 0 Å². The smallest absolute Gasteiger partial charge is 0.315 e. The number of pyridine rings is 1. The summed E-state index contributed by atoms with van der Waals surface area (Å²) in [5.41, 5.74) is 1.39. The maximum atomic E-state index is 13.5. The van der Waals surface area contributed by atoms with Gasteiger partial charge in [-0.25, -0.2) is 9.18 Å². The topological polar surface area (TPSA) is 54.0 Å². The van der Waals surface area contributed by atoms with Crippen LogP contribution < -0.4 is 10.6 Å². The summed E-state index contributed by atoms with van der Waals surface area (Å²) in [6, 6.07) is 8.01. The molecule has 4 nitrogen and oxygen atoms in total. The molecule has 20 heavy (non-hydrogen) atoms. The number of nitrogens with zero attached hydrogens (tertiary/aromatic N) is 1. The summed E-state index contributed by atoms with van der Waals surface area (Å²) in [6.45, 7) is 0.540. The molecule has 0 aliphatic carbocycles. The molecule has 0 unspecified atom stereocenters. The Labute approximate surface area is 124 Å². The van der Waals surface area contributed by atoms with Gasteiger partial charge in [0, 0.05) is 35.5 Å². The molecule has 0 saturated heterocycles. The van der Waals surface area contributed by atoms with Gasteiger partial charge in [-0.05, 0) is 29.8 Å². The quantitative estimate of drug-likeness (QED) is 0.901. The molecule has 0 radical (unpaired) electrons. The summed E-state index contributed by atoms with van der Waals surface area (Å²) in [7, 11) is 0. The van der Waals surface area contributed by atoms with Crippen molar-refractivity contribution in [2.24, 2.45) is 0 Å². The van der Waals surface area contributed by atoms with Crippen LogP contribution in [0.3, 0.4) is 0 Å². The lowest BCUT2D eigenvalue weighted by Gasteiger charge is -2.08. The first-order valence-electron chi connectivity index (χ1n) is 5.99. The number of rotatable bonds is 4. The van der Waals surface area contributed by atoms with Crippen molar-refractivity contribution in [1.82, 2.24) is 15.6 Å². The molecule has 0 saturated carbocycles. The highest BCUT2D eigenvalue weighted by molar-refractivity contribution is 9.10. The molecule has 0 aliphatic rings. The Hall–Kier alpha value is -1.95. The van der Waals surface area contributed by atoms with E-state index >= 15 is 0 Å². The number of halogens is 2. The minimum Gasteiger partial charge on any atom is -0.334 e. The third-order valence-electron chi connectivity index (χ3n) is 2.66. The van der Waals surface area contributed by atoms with Crippen molar-refractivity contribution in [2.75, 3.05) is 0 Å². The van der Waals surface area contributed by atoms with Crippen LogP contribution in [0.4, 0.5) is 9.18 Å². The van der Waals surface area contributed by atoms with Gasteiger partial charge in [-0.2, -0.15) is 0 Å². The van der Waals surface area contributed by atoms with Crippen molar-refractivity contribution in [3.8, 4) is 0 Å². The van der Waals surface area contributed by atoms with Gasteiger partial charge in [0.15, 0.2) is 0 Å². The Morgan fingerprint density at radius 3 is 2.55 bits per heavy atom. The monoisotopic (exact) mass is 337 g/mol. The predicted octanol–water partition coefficient (Wildman–Crippen LogP) is 2.98. The van der Waals surface area contributed by atoms with Crippen molar-refractivity contribution in [3.63, 3.8) is 0 Å². The number of carbonyl (C=O) groups is 1. The summed E-state index contributed by atoms with van der Waals surface area (Å²) in [6.07, 6.45) is 3.32. The van der Waals surface area contributed by atoms with Gasteiger partial charge in [-0.1, -0.05) is 22.0 Å². The van der Waals surface area contributed by atoms with E-state index in [1.54, 1.807) is 24.5 Å². The minimum absolute atomic E-state index is 0.140. The van der Waals surface area contributed by atoms with Gasteiger partial charge >= 0.3 is 6.03 Å². The molecule has 0 spiro atoms. The lowest BCUT2D eigenvalue weighted by atomic mass is 10.2. The second kappa shape index (κ2) is 7.00. The number of amides is 2. The van der Waals surface area contributed by atoms with Crippen molar-refractivity contribution >= 4 is 22.0 Å². The lowest BCUT2D eigenvalue weighted by molar-refractivity contribution is 0.240. The molecule has 1 heterocycles. The second-order valence-electron chi connectivity index (χ2n) is 4.13. The predicted molar refractivity (Wildman–Crippen MR) is 77.4 cm³/mol. The number of hydrogen-bond donors (Lipinski definition) is 2. The molecule has 2 aromatic rings. The molecular weight excluding hydrogens is 325 g/mol. The van der Waals surface area contributed by atoms with E-state index in [9.17, 15) is 9.18 Å². The summed E-state index contributed by atoms with van der Waals surface area (Å²) < 4.78 is 14.2. The molecule has 1 aromatic carbocycles. The molecule has 0 fully saturated rings. The van der Waals surface area contributed by atoms with Gasteiger partial charge in [0.25, 0.3) is 0 Å². The zero-order valence-corrected chi connectivity index (χ0v) is 12.2. The molecule has 104 valence electrons. The van der Waals surface area contributed by atoms with E-state index < -0.39 is 0 Å². The maximum absolute atomic E-state index is 13.5. The van der Waals surface area contributed by atoms with E-state index in [2.05, 4.69) is 31.5 Å². The fraction of sp³-hybridized carbons (Fsp3) is 0.143. The van der Waals surface area contributed by atoms with Crippen LogP contribution in [-0.2, 0) is 13.1 Å². The molecule has 6 heteroatoms. The SMILES string of the molecule is O=C(NCc1ccncc1)NCc1ccc(Br)cc1F. The van der Waals surface area contributed by atoms with E-state index in [0.717, 1.165) is 5.56 Å². The lowest BCUT2D eigenvalue weighted by Crippen LogP contribution is -2.34. The first kappa shape index (κ1) is 14.5. The van der Waals surface area contributed by atoms with Gasteiger partial charge in [0.05, 0.1) is 0 Å². The average molecular weight is 338 g/mol. The van der Waals surface area contributed by atoms with E-state index in [-0.39, 0.29) is 18.4 Å². The first-order chi connectivity index (χ1) is 9.65. The summed E-state index contributed by atoms with van der Waals surface area (Å²) in [4.78, 5) is 15.5. The number of benzene rings is 1. The highest BCUT2D eigenvalue weighted by Gasteiger charge is 2.05. The van der Waals surface area contributed by atoms with Crippen molar-refractivity contribution in [1.29, 1.82) is 0 Å². The van der Waals surface area contributed by atoms with Gasteiger partial charge in [-0.3, -0.25) is 4.98 Å². The van der Waals surface area contributed by atoms with Crippen molar-refractivity contribution in [2.45, 2.75) is 13.1 Å². The Balaban J connectivity index is 1.80. The Bertz CT molecular complexity index is 592. The van der Waals surface area contributed by atoms with Gasteiger partial charge < -0.3 is 10.6 Å². The second-order valence-corrected chi connectivity index (χ2v) is 5.04. The normalized spacial score (nSPS) is 10.1. The van der Waals surface area contributed by atoms with Crippen LogP contribution in [0.1, 0.15) is 11.1 Å². The molecule has 1 aromatic heterocycles. The Kier molecular flexibility index (Phi) is 5.06. The van der Waals surface area contributed by atoms with Crippen LogP contribution >= 0.6 is 15.9 Å². The summed E-state index contributed by atoms with van der Waals surface area (Å²) in [5, 5.41) is 5.30. The molecule has 2 amide bonds. The van der Waals surface area contributed by atoms with Crippen molar-refractivity contribution < 1.29 is 9.18 Å². The molecule has 2 rings (SSSR count). The molecule has 0 atom stereocenters. The number of carbonyl (C=O) groups excluding carboxylic acids is 1. The number of nitrogens with one attached hydrogen (secondary N) is 2. The number of hydrogen-bond acceptors (Lipinski definition) is 2. The van der Waals surface area contributed by atoms with Crippen LogP contribution in [0.25, 0.3) is 0 Å². The standard InChI is InChI=1S/C14H13BrFN3O/c15-12-2-1-11(13(16)7-12)9-19-14(20)18-8-10-3-5-17-6-4-10/h1-7H,8-9H2,(H2,18,19,20). The van der Waals surface area contributed by atoms with Crippen molar-refractivity contribution in [3.05, 3.63) is 64.1 Å².